The number of nitrogens with zero attached hydrogens (tertiary/aromatic N) is 2. The van der Waals surface area contributed by atoms with Crippen LogP contribution in [0.25, 0.3) is 5.41 Å². The molecule has 0 spiro atoms. The smallest absolute Gasteiger partial charge is 0.420 e. The monoisotopic (exact) mass is 125 g/mol. The lowest BCUT2D eigenvalue weighted by molar-refractivity contribution is -0.325. The van der Waals surface area contributed by atoms with Crippen LogP contribution in [0.15, 0.2) is 5.16 Å². The van der Waals surface area contributed by atoms with Gasteiger partial charge < -0.3 is 10.2 Å². The van der Waals surface area contributed by atoms with Crippen LogP contribution >= 0.6 is 0 Å². The quantitative estimate of drug-likeness (QED) is 0.383. The highest BCUT2D eigenvalue weighted by atomic mass is 19.4. The zero-order chi connectivity index (χ0) is 6.62. The molecule has 0 atom stereocenters. The number of alkyl halides is 3. The van der Waals surface area contributed by atoms with Crippen LogP contribution in [-0.4, -0.2) is 12.4 Å². The van der Waals surface area contributed by atoms with Crippen molar-refractivity contribution in [3.05, 3.63) is 5.41 Å². The van der Waals surface area contributed by atoms with Gasteiger partial charge in [0.15, 0.2) is 0 Å². The van der Waals surface area contributed by atoms with Crippen molar-refractivity contribution in [2.75, 3.05) is 0 Å². The Bertz CT molecular complexity index is 113. The summed E-state index contributed by atoms with van der Waals surface area (Å²) in [6.07, 6.45) is -4.84. The predicted octanol–water partition coefficient (Wildman–Crippen LogP) is 1.18. The average Bonchev–Trinajstić information content (AvgIpc) is 1.59. The van der Waals surface area contributed by atoms with Crippen molar-refractivity contribution >= 4 is 6.01 Å². The third-order valence-corrected chi connectivity index (χ3v) is 0.190. The highest BCUT2D eigenvalue weighted by Crippen LogP contribution is 2.15. The van der Waals surface area contributed by atoms with E-state index in [9.17, 15) is 13.2 Å². The van der Waals surface area contributed by atoms with E-state index in [1.165, 1.54) is 0 Å². The van der Waals surface area contributed by atoms with E-state index in [2.05, 4.69) is 4.84 Å². The maximum absolute atomic E-state index is 10.8. The first kappa shape index (κ1) is 6.97. The number of hydrogen-bond acceptors (Lipinski definition) is 2. The molecule has 0 aromatic carbocycles. The van der Waals surface area contributed by atoms with E-state index in [-0.39, 0.29) is 0 Å². The fraction of sp³-hybridized carbons (Fsp3) is 0.500. The molecule has 0 aromatic heterocycles. The standard InChI is InChI=1S/C2F3N2O/c3-2(4,5)8-7-1-6/q-1. The van der Waals surface area contributed by atoms with Gasteiger partial charge in [-0.3, -0.25) is 0 Å². The highest BCUT2D eigenvalue weighted by molar-refractivity contribution is 5.43. The largest absolute Gasteiger partial charge is 0.575 e. The van der Waals surface area contributed by atoms with Crippen LogP contribution in [-0.2, 0) is 4.84 Å². The molecule has 0 rings (SSSR count). The third-order valence-electron chi connectivity index (χ3n) is 0.190. The van der Waals surface area contributed by atoms with Gasteiger partial charge in [-0.15, -0.1) is 19.2 Å². The number of halogens is 3. The molecular formula is C2F3N2O-. The Balaban J connectivity index is 3.55. The zero-order valence-corrected chi connectivity index (χ0v) is 3.44. The summed E-state index contributed by atoms with van der Waals surface area (Å²) >= 11 is 0. The molecule has 46 valence electrons. The first-order chi connectivity index (χ1) is 3.56. The van der Waals surface area contributed by atoms with Gasteiger partial charge in [0.05, 0.1) is 0 Å². The van der Waals surface area contributed by atoms with Crippen molar-refractivity contribution in [1.29, 1.82) is 0 Å². The maximum Gasteiger partial charge on any atom is 0.575 e. The van der Waals surface area contributed by atoms with Gasteiger partial charge in [-0.05, 0) is 0 Å². The van der Waals surface area contributed by atoms with Gasteiger partial charge in [-0.2, -0.15) is 0 Å². The van der Waals surface area contributed by atoms with E-state index < -0.39 is 6.36 Å². The second-order valence-corrected chi connectivity index (χ2v) is 0.728. The highest BCUT2D eigenvalue weighted by Gasteiger charge is 2.27. The van der Waals surface area contributed by atoms with E-state index in [1.807, 2.05) is 5.16 Å². The molecule has 0 aliphatic carbocycles. The van der Waals surface area contributed by atoms with Gasteiger partial charge in [0.25, 0.3) is 0 Å². The summed E-state index contributed by atoms with van der Waals surface area (Å²) in [6.45, 7) is 0. The minimum atomic E-state index is -4.84. The second kappa shape index (κ2) is 2.32. The van der Waals surface area contributed by atoms with Crippen molar-refractivity contribution in [3.8, 4) is 0 Å². The van der Waals surface area contributed by atoms with Gasteiger partial charge in [0, 0.05) is 0 Å². The van der Waals surface area contributed by atoms with Crippen LogP contribution in [0.2, 0.25) is 0 Å². The molecule has 0 unspecified atom stereocenters. The molecule has 0 aliphatic rings. The van der Waals surface area contributed by atoms with E-state index in [1.54, 1.807) is 0 Å². The van der Waals surface area contributed by atoms with E-state index in [0.29, 0.717) is 0 Å². The second-order valence-electron chi connectivity index (χ2n) is 0.728. The molecule has 0 bridgehead atoms. The maximum atomic E-state index is 10.8. The number of hydrogen-bond donors (Lipinski definition) is 0. The van der Waals surface area contributed by atoms with Crippen LogP contribution in [0.3, 0.4) is 0 Å². The summed E-state index contributed by atoms with van der Waals surface area (Å²) < 4.78 is 32.3. The van der Waals surface area contributed by atoms with Crippen LogP contribution < -0.4 is 0 Å². The molecule has 0 aliphatic heterocycles. The molecule has 0 saturated heterocycles. The normalized spacial score (nSPS) is 9.88. The number of rotatable bonds is 1. The molecule has 0 radical (unpaired) electrons. The summed E-state index contributed by atoms with van der Waals surface area (Å²) in [4.78, 5) is 2.64. The summed E-state index contributed by atoms with van der Waals surface area (Å²) in [6, 6.07) is 0.807. The van der Waals surface area contributed by atoms with Gasteiger partial charge in [-0.25, -0.2) is 5.16 Å². The Morgan fingerprint density at radius 3 is 2.12 bits per heavy atom. The molecule has 0 saturated carbocycles. The van der Waals surface area contributed by atoms with Gasteiger partial charge in [0.2, 0.25) is 0 Å². The molecule has 8 heavy (non-hydrogen) atoms. The molecule has 0 heterocycles. The topological polar surface area (TPSA) is 43.9 Å². The SMILES string of the molecule is [N-]=C=NOC(F)(F)F. The molecule has 6 heteroatoms. The molecule has 3 nitrogen and oxygen atoms in total. The molecule has 0 amide bonds. The van der Waals surface area contributed by atoms with Crippen molar-refractivity contribution in [1.82, 2.24) is 0 Å². The lowest BCUT2D eigenvalue weighted by atomic mass is 11.4. The molecule has 0 fully saturated rings. The Kier molecular flexibility index (Phi) is 2.02. The summed E-state index contributed by atoms with van der Waals surface area (Å²) in [5.41, 5.74) is 0. The van der Waals surface area contributed by atoms with Crippen LogP contribution in [0.5, 0.6) is 0 Å². The van der Waals surface area contributed by atoms with Crippen molar-refractivity contribution in [3.63, 3.8) is 0 Å². The fourth-order valence-electron chi connectivity index (χ4n) is 0.0722. The van der Waals surface area contributed by atoms with E-state index in [4.69, 9.17) is 5.41 Å². The Labute approximate surface area is 42.2 Å². The van der Waals surface area contributed by atoms with Crippen LogP contribution in [0, 0.1) is 0 Å². The Hall–Kier alpha value is -1.03. The summed E-state index contributed by atoms with van der Waals surface area (Å²) in [7, 11) is 0. The van der Waals surface area contributed by atoms with Crippen molar-refractivity contribution < 1.29 is 18.0 Å². The predicted molar refractivity (Wildman–Crippen MR) is 17.9 cm³/mol. The van der Waals surface area contributed by atoms with Crippen molar-refractivity contribution in [2.45, 2.75) is 6.36 Å². The molecule has 0 N–H and O–H groups in total. The fourth-order valence-corrected chi connectivity index (χ4v) is 0.0722. The summed E-state index contributed by atoms with van der Waals surface area (Å²) in [5.74, 6) is 0. The third kappa shape index (κ3) is 4.97. The zero-order valence-electron chi connectivity index (χ0n) is 3.44. The van der Waals surface area contributed by atoms with Crippen LogP contribution in [0.4, 0.5) is 13.2 Å². The van der Waals surface area contributed by atoms with Crippen LogP contribution in [0.1, 0.15) is 0 Å². The Morgan fingerprint density at radius 1 is 1.50 bits per heavy atom. The lowest BCUT2D eigenvalue weighted by Gasteiger charge is -2.04. The van der Waals surface area contributed by atoms with Gasteiger partial charge in [-0.1, -0.05) is 0 Å². The first-order valence-corrected chi connectivity index (χ1v) is 1.40. The minimum absolute atomic E-state index is 0.807. The first-order valence-electron chi connectivity index (χ1n) is 1.40. The average molecular weight is 125 g/mol. The molecular weight excluding hydrogens is 125 g/mol. The summed E-state index contributed by atoms with van der Waals surface area (Å²) in [5, 5.41) is 9.31. The van der Waals surface area contributed by atoms with Gasteiger partial charge in [0.1, 0.15) is 0 Å². The van der Waals surface area contributed by atoms with Gasteiger partial charge >= 0.3 is 6.36 Å². The van der Waals surface area contributed by atoms with Crippen molar-refractivity contribution in [2.24, 2.45) is 5.16 Å². The Morgan fingerprint density at radius 2 is 2.00 bits per heavy atom. The molecule has 0 aromatic rings. The van der Waals surface area contributed by atoms with E-state index >= 15 is 0 Å². The van der Waals surface area contributed by atoms with E-state index in [0.717, 1.165) is 6.01 Å². The lowest BCUT2D eigenvalue weighted by Crippen LogP contribution is -2.08. The minimum Gasteiger partial charge on any atom is -0.420 e.